The number of nitrogens with zero attached hydrogens (tertiary/aromatic N) is 1. The lowest BCUT2D eigenvalue weighted by Crippen LogP contribution is -2.40. The van der Waals surface area contributed by atoms with Crippen molar-refractivity contribution in [3.63, 3.8) is 0 Å². The molecule has 1 aromatic carbocycles. The average Bonchev–Trinajstić information content (AvgIpc) is 3.24. The van der Waals surface area contributed by atoms with Crippen LogP contribution in [0.25, 0.3) is 0 Å². The third-order valence-electron chi connectivity index (χ3n) is 4.24. The molecule has 1 saturated heterocycles. The minimum absolute atomic E-state index is 0.0544. The zero-order chi connectivity index (χ0) is 22.4. The molecule has 2 heterocycles. The fraction of sp³-hybridized carbons (Fsp3) is 0.333. The molecule has 13 heteroatoms. The van der Waals surface area contributed by atoms with Crippen molar-refractivity contribution in [1.82, 2.24) is 14.9 Å². The molecule has 0 spiro atoms. The minimum Gasteiger partial charge on any atom is -0.379 e. The zero-order valence-electron chi connectivity index (χ0n) is 16.2. The van der Waals surface area contributed by atoms with Crippen LogP contribution in [0.4, 0.5) is 19.3 Å². The summed E-state index contributed by atoms with van der Waals surface area (Å²) < 4.78 is 57.9. The van der Waals surface area contributed by atoms with Crippen molar-refractivity contribution in [2.24, 2.45) is 0 Å². The lowest BCUT2D eigenvalue weighted by molar-refractivity contribution is -0.115. The van der Waals surface area contributed by atoms with Crippen LogP contribution in [0.1, 0.15) is 4.88 Å². The van der Waals surface area contributed by atoms with Gasteiger partial charge in [0.1, 0.15) is 4.21 Å². The highest BCUT2D eigenvalue weighted by Gasteiger charge is 2.27. The number of urea groups is 1. The Kier molecular flexibility index (Phi) is 7.54. The van der Waals surface area contributed by atoms with Gasteiger partial charge < -0.3 is 20.7 Å². The van der Waals surface area contributed by atoms with E-state index in [-0.39, 0.29) is 16.4 Å². The summed E-state index contributed by atoms with van der Waals surface area (Å²) in [6.07, 6.45) is 0. The molecule has 3 amide bonds. The number of carbonyl (C=O) groups is 2. The predicted molar refractivity (Wildman–Crippen MR) is 109 cm³/mol. The topological polar surface area (TPSA) is 117 Å². The first-order chi connectivity index (χ1) is 14.8. The first-order valence-corrected chi connectivity index (χ1v) is 11.4. The quantitative estimate of drug-likeness (QED) is 0.562. The number of anilines is 1. The van der Waals surface area contributed by atoms with Crippen molar-refractivity contribution in [1.29, 1.82) is 0 Å². The molecule has 0 radical (unpaired) electrons. The van der Waals surface area contributed by atoms with Gasteiger partial charge in [0.15, 0.2) is 11.6 Å². The number of carbonyl (C=O) groups excluding carboxylic acids is 2. The summed E-state index contributed by atoms with van der Waals surface area (Å²) in [4.78, 5) is 24.3. The van der Waals surface area contributed by atoms with Gasteiger partial charge >= 0.3 is 6.03 Å². The van der Waals surface area contributed by atoms with E-state index in [1.54, 1.807) is 6.07 Å². The number of halogens is 2. The molecule has 9 nitrogen and oxygen atoms in total. The second-order valence-corrected chi connectivity index (χ2v) is 9.78. The number of morpholine rings is 1. The van der Waals surface area contributed by atoms with Gasteiger partial charge in [0.25, 0.3) is 10.0 Å². The van der Waals surface area contributed by atoms with Crippen LogP contribution in [0.3, 0.4) is 0 Å². The van der Waals surface area contributed by atoms with Crippen LogP contribution in [0, 0.1) is 11.6 Å². The number of hydrogen-bond acceptors (Lipinski definition) is 6. The summed E-state index contributed by atoms with van der Waals surface area (Å²) >= 11 is 1.05. The van der Waals surface area contributed by atoms with Gasteiger partial charge in [-0.2, -0.15) is 4.31 Å². The van der Waals surface area contributed by atoms with Crippen LogP contribution in [-0.2, 0) is 26.1 Å². The molecule has 3 rings (SSSR count). The Bertz CT molecular complexity index is 1050. The van der Waals surface area contributed by atoms with Gasteiger partial charge in [-0.15, -0.1) is 11.3 Å². The number of sulfonamides is 1. The van der Waals surface area contributed by atoms with Gasteiger partial charge in [0.2, 0.25) is 5.91 Å². The molecule has 1 aliphatic heterocycles. The number of ether oxygens (including phenoxy) is 1. The van der Waals surface area contributed by atoms with Crippen LogP contribution in [-0.4, -0.2) is 57.5 Å². The third kappa shape index (κ3) is 6.19. The standard InChI is InChI=1S/C18H20F2N4O5S2/c19-14-3-1-12(9-15(14)20)23-16(25)11-22-18(26)21-10-13-2-4-17(30-13)31(27,28)24-5-7-29-8-6-24/h1-4,9H,5-8,10-11H2,(H,23,25)(H2,21,22,26). The second kappa shape index (κ2) is 10.1. The number of amides is 3. The van der Waals surface area contributed by atoms with Crippen molar-refractivity contribution >= 4 is 39.0 Å². The highest BCUT2D eigenvalue weighted by atomic mass is 32.2. The molecule has 1 fully saturated rings. The maximum atomic E-state index is 13.1. The van der Waals surface area contributed by atoms with Crippen molar-refractivity contribution in [2.45, 2.75) is 10.8 Å². The van der Waals surface area contributed by atoms with E-state index in [1.807, 2.05) is 0 Å². The van der Waals surface area contributed by atoms with Crippen molar-refractivity contribution in [3.8, 4) is 0 Å². The molecule has 1 aromatic heterocycles. The van der Waals surface area contributed by atoms with E-state index in [2.05, 4.69) is 16.0 Å². The highest BCUT2D eigenvalue weighted by Crippen LogP contribution is 2.25. The number of rotatable bonds is 7. The lowest BCUT2D eigenvalue weighted by Gasteiger charge is -2.25. The van der Waals surface area contributed by atoms with Crippen LogP contribution < -0.4 is 16.0 Å². The zero-order valence-corrected chi connectivity index (χ0v) is 17.8. The Morgan fingerprint density at radius 2 is 1.81 bits per heavy atom. The maximum absolute atomic E-state index is 13.1. The molecule has 0 atom stereocenters. The summed E-state index contributed by atoms with van der Waals surface area (Å²) in [5, 5.41) is 7.17. The van der Waals surface area contributed by atoms with Gasteiger partial charge in [-0.25, -0.2) is 22.0 Å². The van der Waals surface area contributed by atoms with E-state index in [9.17, 15) is 26.8 Å². The van der Waals surface area contributed by atoms with E-state index in [0.717, 1.165) is 23.5 Å². The van der Waals surface area contributed by atoms with Gasteiger partial charge in [-0.3, -0.25) is 4.79 Å². The Balaban J connectivity index is 1.44. The number of benzene rings is 1. The van der Waals surface area contributed by atoms with Gasteiger partial charge in [-0.1, -0.05) is 0 Å². The smallest absolute Gasteiger partial charge is 0.315 e. The summed E-state index contributed by atoms with van der Waals surface area (Å²) in [5.74, 6) is -2.77. The van der Waals surface area contributed by atoms with Crippen molar-refractivity contribution in [3.05, 3.63) is 46.8 Å². The first kappa shape index (κ1) is 23.1. The molecule has 0 saturated carbocycles. The van der Waals surface area contributed by atoms with Crippen molar-refractivity contribution < 1.29 is 31.5 Å². The van der Waals surface area contributed by atoms with E-state index in [4.69, 9.17) is 4.74 Å². The molecule has 31 heavy (non-hydrogen) atoms. The summed E-state index contributed by atoms with van der Waals surface area (Å²) in [6, 6.07) is 5.34. The number of nitrogens with one attached hydrogen (secondary N) is 3. The fourth-order valence-electron chi connectivity index (χ4n) is 2.68. The number of thiophene rings is 1. The summed E-state index contributed by atoms with van der Waals surface area (Å²) in [5.41, 5.74) is 0.0544. The van der Waals surface area contributed by atoms with E-state index in [0.29, 0.717) is 31.2 Å². The predicted octanol–water partition coefficient (Wildman–Crippen LogP) is 1.49. The molecule has 0 aliphatic carbocycles. The summed E-state index contributed by atoms with van der Waals surface area (Å²) in [6.45, 7) is 0.962. The largest absolute Gasteiger partial charge is 0.379 e. The van der Waals surface area contributed by atoms with Gasteiger partial charge in [0.05, 0.1) is 26.3 Å². The maximum Gasteiger partial charge on any atom is 0.315 e. The molecule has 3 N–H and O–H groups in total. The molecule has 1 aliphatic rings. The average molecular weight is 475 g/mol. The fourth-order valence-corrected chi connectivity index (χ4v) is 5.53. The molecular weight excluding hydrogens is 454 g/mol. The Morgan fingerprint density at radius 1 is 1.06 bits per heavy atom. The van der Waals surface area contributed by atoms with Crippen LogP contribution in [0.5, 0.6) is 0 Å². The van der Waals surface area contributed by atoms with Crippen LogP contribution in [0.15, 0.2) is 34.5 Å². The SMILES string of the molecule is O=C(CNC(=O)NCc1ccc(S(=O)(=O)N2CCOCC2)s1)Nc1ccc(F)c(F)c1. The Hall–Kier alpha value is -2.61. The highest BCUT2D eigenvalue weighted by molar-refractivity contribution is 7.91. The van der Waals surface area contributed by atoms with Crippen LogP contribution >= 0.6 is 11.3 Å². The van der Waals surface area contributed by atoms with Crippen molar-refractivity contribution in [2.75, 3.05) is 38.2 Å². The van der Waals surface area contributed by atoms with E-state index in [1.165, 1.54) is 16.4 Å². The lowest BCUT2D eigenvalue weighted by atomic mass is 10.3. The monoisotopic (exact) mass is 474 g/mol. The summed E-state index contributed by atoms with van der Waals surface area (Å²) in [7, 11) is -3.60. The molecule has 2 aromatic rings. The van der Waals surface area contributed by atoms with E-state index < -0.39 is 40.1 Å². The third-order valence-corrected chi connectivity index (χ3v) is 7.69. The minimum atomic E-state index is -3.60. The molecule has 0 unspecified atom stereocenters. The van der Waals surface area contributed by atoms with Gasteiger partial charge in [-0.05, 0) is 24.3 Å². The Labute approximate surface area is 181 Å². The second-order valence-electron chi connectivity index (χ2n) is 6.45. The Morgan fingerprint density at radius 3 is 2.52 bits per heavy atom. The first-order valence-electron chi connectivity index (χ1n) is 9.19. The van der Waals surface area contributed by atoms with Crippen LogP contribution in [0.2, 0.25) is 0 Å². The molecular formula is C18H20F2N4O5S2. The number of hydrogen-bond donors (Lipinski definition) is 3. The van der Waals surface area contributed by atoms with E-state index >= 15 is 0 Å². The molecule has 168 valence electrons. The normalized spacial score (nSPS) is 14.8. The molecule has 0 bridgehead atoms. The van der Waals surface area contributed by atoms with Gasteiger partial charge in [0, 0.05) is 29.7 Å².